The molecule has 0 fully saturated rings. The maximum atomic E-state index is 12.6. The summed E-state index contributed by atoms with van der Waals surface area (Å²) in [5, 5.41) is 0.953. The van der Waals surface area contributed by atoms with Crippen LogP contribution in [0.5, 0.6) is 0 Å². The van der Waals surface area contributed by atoms with Crippen LogP contribution in [0.2, 0.25) is 0 Å². The average molecular weight is 355 g/mol. The lowest BCUT2D eigenvalue weighted by Crippen LogP contribution is -2.32. The maximum Gasteiger partial charge on any atom is 0.272 e. The van der Waals surface area contributed by atoms with Gasteiger partial charge in [0.05, 0.1) is 12.7 Å². The van der Waals surface area contributed by atoms with E-state index < -0.39 is 18.9 Å². The second-order valence-electron chi connectivity index (χ2n) is 5.97. The van der Waals surface area contributed by atoms with E-state index in [0.29, 0.717) is 5.65 Å². The number of rotatable bonds is 4. The highest BCUT2D eigenvalue weighted by molar-refractivity contribution is 5.95. The van der Waals surface area contributed by atoms with Crippen molar-refractivity contribution < 1.29 is 13.6 Å². The molecule has 6 nitrogen and oxygen atoms in total. The third kappa shape index (κ3) is 2.69. The zero-order valence-corrected chi connectivity index (χ0v) is 13.9. The van der Waals surface area contributed by atoms with Crippen LogP contribution in [0.4, 0.5) is 8.78 Å². The first-order valence-corrected chi connectivity index (χ1v) is 7.98. The number of halogens is 2. The summed E-state index contributed by atoms with van der Waals surface area (Å²) in [6, 6.07) is 7.49. The number of carbonyl (C=O) groups is 1. The smallest absolute Gasteiger partial charge is 0.272 e. The Hall–Kier alpha value is -3.29. The Morgan fingerprint density at radius 1 is 1.31 bits per heavy atom. The lowest BCUT2D eigenvalue weighted by Gasteiger charge is -2.16. The van der Waals surface area contributed by atoms with Crippen LogP contribution in [-0.4, -0.2) is 50.2 Å². The molecule has 0 spiro atoms. The predicted molar refractivity (Wildman–Crippen MR) is 93.2 cm³/mol. The maximum absolute atomic E-state index is 12.6. The summed E-state index contributed by atoms with van der Waals surface area (Å²) >= 11 is 0. The largest absolute Gasteiger partial charge is 0.346 e. The molecule has 0 atom stereocenters. The van der Waals surface area contributed by atoms with Gasteiger partial charge in [-0.05, 0) is 24.3 Å². The Balaban J connectivity index is 1.79. The number of pyridine rings is 2. The highest BCUT2D eigenvalue weighted by atomic mass is 19.3. The van der Waals surface area contributed by atoms with Crippen LogP contribution in [0.15, 0.2) is 49.1 Å². The van der Waals surface area contributed by atoms with Crippen molar-refractivity contribution >= 4 is 22.6 Å². The lowest BCUT2D eigenvalue weighted by molar-refractivity contribution is 0.0614. The molecule has 4 heterocycles. The van der Waals surface area contributed by atoms with Gasteiger partial charge in [0.15, 0.2) is 0 Å². The van der Waals surface area contributed by atoms with E-state index in [2.05, 4.69) is 15.0 Å². The third-order valence-corrected chi connectivity index (χ3v) is 4.25. The van der Waals surface area contributed by atoms with Gasteiger partial charge < -0.3 is 9.88 Å². The number of aromatic nitrogens is 4. The molecular weight excluding hydrogens is 340 g/mol. The van der Waals surface area contributed by atoms with Crippen LogP contribution in [0.25, 0.3) is 27.8 Å². The highest BCUT2D eigenvalue weighted by Gasteiger charge is 2.20. The first kappa shape index (κ1) is 16.2. The third-order valence-electron chi connectivity index (χ3n) is 4.25. The number of H-pyrrole nitrogens is 1. The molecular formula is C18H15F2N5O. The van der Waals surface area contributed by atoms with Crippen LogP contribution >= 0.6 is 0 Å². The molecule has 0 saturated heterocycles. The number of aromatic amines is 1. The van der Waals surface area contributed by atoms with Crippen molar-refractivity contribution in [1.29, 1.82) is 0 Å². The van der Waals surface area contributed by atoms with E-state index in [-0.39, 0.29) is 5.69 Å². The zero-order chi connectivity index (χ0) is 18.3. The van der Waals surface area contributed by atoms with Gasteiger partial charge in [-0.2, -0.15) is 0 Å². The summed E-state index contributed by atoms with van der Waals surface area (Å²) < 4.78 is 26.8. The van der Waals surface area contributed by atoms with E-state index in [0.717, 1.165) is 27.1 Å². The fourth-order valence-corrected chi connectivity index (χ4v) is 2.98. The highest BCUT2D eigenvalue weighted by Crippen LogP contribution is 2.28. The Kier molecular flexibility index (Phi) is 3.87. The van der Waals surface area contributed by atoms with Crippen LogP contribution in [0, 0.1) is 0 Å². The summed E-state index contributed by atoms with van der Waals surface area (Å²) in [5.74, 6) is -0.504. The predicted octanol–water partition coefficient (Wildman–Crippen LogP) is 3.21. The molecule has 4 rings (SSSR count). The summed E-state index contributed by atoms with van der Waals surface area (Å²) in [6.45, 7) is -0.625. The van der Waals surface area contributed by atoms with Crippen LogP contribution < -0.4 is 0 Å². The standard InChI is InChI=1S/C18H15F2N5O/c1-24(10-15(19)20)18(26)14-8-22-16-5-4-11(9-25(14)16)13-7-23-17-12(13)3-2-6-21-17/h2-9,15H,10H2,1H3,(H,21,23). The average Bonchev–Trinajstić information content (AvgIpc) is 3.24. The Morgan fingerprint density at radius 3 is 2.96 bits per heavy atom. The van der Waals surface area contributed by atoms with Crippen molar-refractivity contribution in [2.24, 2.45) is 0 Å². The number of hydrogen-bond acceptors (Lipinski definition) is 3. The first-order chi connectivity index (χ1) is 12.5. The molecule has 1 amide bonds. The van der Waals surface area contributed by atoms with Crippen molar-refractivity contribution in [2.75, 3.05) is 13.6 Å². The van der Waals surface area contributed by atoms with Crippen molar-refractivity contribution in [3.05, 3.63) is 54.7 Å². The number of nitrogens with one attached hydrogen (secondary N) is 1. The van der Waals surface area contributed by atoms with E-state index in [1.807, 2.05) is 24.4 Å². The van der Waals surface area contributed by atoms with Gasteiger partial charge in [-0.15, -0.1) is 0 Å². The topological polar surface area (TPSA) is 66.3 Å². The molecule has 132 valence electrons. The fraction of sp³-hybridized carbons (Fsp3) is 0.167. The minimum absolute atomic E-state index is 0.239. The van der Waals surface area contributed by atoms with Crippen LogP contribution in [0.1, 0.15) is 10.5 Å². The quantitative estimate of drug-likeness (QED) is 0.611. The lowest BCUT2D eigenvalue weighted by atomic mass is 10.1. The molecule has 0 radical (unpaired) electrons. The minimum Gasteiger partial charge on any atom is -0.346 e. The monoisotopic (exact) mass is 355 g/mol. The Bertz CT molecular complexity index is 1100. The molecule has 4 aromatic heterocycles. The molecule has 0 aromatic carbocycles. The van der Waals surface area contributed by atoms with Gasteiger partial charge in [0.2, 0.25) is 0 Å². The number of imidazole rings is 1. The molecule has 4 aromatic rings. The Morgan fingerprint density at radius 2 is 2.15 bits per heavy atom. The number of amides is 1. The second kappa shape index (κ2) is 6.21. The molecule has 1 N–H and O–H groups in total. The van der Waals surface area contributed by atoms with Gasteiger partial charge in [0, 0.05) is 42.2 Å². The van der Waals surface area contributed by atoms with Gasteiger partial charge in [0.25, 0.3) is 12.3 Å². The van der Waals surface area contributed by atoms with Gasteiger partial charge in [-0.25, -0.2) is 18.7 Å². The number of fused-ring (bicyclic) bond motifs is 2. The summed E-state index contributed by atoms with van der Waals surface area (Å²) in [5.41, 5.74) is 3.37. The number of carbonyl (C=O) groups excluding carboxylic acids is 1. The number of alkyl halides is 2. The number of hydrogen-bond donors (Lipinski definition) is 1. The van der Waals surface area contributed by atoms with Crippen molar-refractivity contribution in [3.8, 4) is 11.1 Å². The SMILES string of the molecule is CN(CC(F)F)C(=O)c1cnc2ccc(-c3c[nH]c4ncccc34)cn12. The van der Waals surface area contributed by atoms with Gasteiger partial charge in [-0.3, -0.25) is 9.20 Å². The molecule has 0 bridgehead atoms. The van der Waals surface area contributed by atoms with Crippen LogP contribution in [-0.2, 0) is 0 Å². The normalized spacial score (nSPS) is 11.5. The molecule has 0 aliphatic rings. The fourth-order valence-electron chi connectivity index (χ4n) is 2.98. The van der Waals surface area contributed by atoms with Crippen LogP contribution in [0.3, 0.4) is 0 Å². The molecule has 0 unspecified atom stereocenters. The van der Waals surface area contributed by atoms with E-state index in [4.69, 9.17) is 0 Å². The van der Waals surface area contributed by atoms with E-state index in [1.165, 1.54) is 13.2 Å². The molecule has 26 heavy (non-hydrogen) atoms. The van der Waals surface area contributed by atoms with Gasteiger partial charge in [-0.1, -0.05) is 0 Å². The van der Waals surface area contributed by atoms with Crippen molar-refractivity contribution in [2.45, 2.75) is 6.43 Å². The van der Waals surface area contributed by atoms with Gasteiger partial charge in [0.1, 0.15) is 17.0 Å². The second-order valence-corrected chi connectivity index (χ2v) is 5.97. The molecule has 0 aliphatic carbocycles. The van der Waals surface area contributed by atoms with E-state index in [9.17, 15) is 13.6 Å². The molecule has 8 heteroatoms. The van der Waals surface area contributed by atoms with Crippen molar-refractivity contribution in [3.63, 3.8) is 0 Å². The minimum atomic E-state index is -2.59. The molecule has 0 saturated carbocycles. The van der Waals surface area contributed by atoms with E-state index in [1.54, 1.807) is 22.9 Å². The van der Waals surface area contributed by atoms with Crippen molar-refractivity contribution in [1.82, 2.24) is 24.3 Å². The summed E-state index contributed by atoms with van der Waals surface area (Å²) in [4.78, 5) is 25.1. The Labute approximate surface area is 147 Å². The zero-order valence-electron chi connectivity index (χ0n) is 13.9. The van der Waals surface area contributed by atoms with Gasteiger partial charge >= 0.3 is 0 Å². The summed E-state index contributed by atoms with van der Waals surface area (Å²) in [7, 11) is 1.35. The summed E-state index contributed by atoms with van der Waals surface area (Å²) in [6.07, 6.45) is 4.15. The first-order valence-electron chi connectivity index (χ1n) is 7.98. The molecule has 0 aliphatic heterocycles. The number of nitrogens with zero attached hydrogens (tertiary/aromatic N) is 4. The van der Waals surface area contributed by atoms with E-state index >= 15 is 0 Å².